The van der Waals surface area contributed by atoms with Gasteiger partial charge in [0.05, 0.1) is 0 Å². The van der Waals surface area contributed by atoms with E-state index < -0.39 is 21.4 Å². The Bertz CT molecular complexity index is 886. The predicted molar refractivity (Wildman–Crippen MR) is 80.5 cm³/mol. The Morgan fingerprint density at radius 2 is 2.22 bits per heavy atom. The smallest absolute Gasteiger partial charge is 0.434 e. The number of benzene rings is 1. The van der Waals surface area contributed by atoms with E-state index in [1.807, 2.05) is 6.92 Å². The molecule has 8 nitrogen and oxygen atoms in total. The molecule has 1 aliphatic heterocycles. The highest BCUT2D eigenvalue weighted by Gasteiger charge is 2.43. The van der Waals surface area contributed by atoms with E-state index in [0.717, 1.165) is 12.0 Å². The Labute approximate surface area is 132 Å². The van der Waals surface area contributed by atoms with Crippen molar-refractivity contribution in [2.24, 2.45) is 5.14 Å². The number of H-pyrrole nitrogens is 1. The maximum atomic E-state index is 11.8. The highest BCUT2D eigenvalue weighted by atomic mass is 32.2. The normalized spacial score (nSPS) is 20.8. The van der Waals surface area contributed by atoms with Crippen molar-refractivity contribution in [3.63, 3.8) is 0 Å². The molecule has 3 rings (SSSR count). The summed E-state index contributed by atoms with van der Waals surface area (Å²) in [5.41, 5.74) is -0.233. The van der Waals surface area contributed by atoms with Crippen molar-refractivity contribution < 1.29 is 17.6 Å². The molecule has 0 bridgehead atoms. The monoisotopic (exact) mass is 339 g/mol. The van der Waals surface area contributed by atoms with Crippen LogP contribution in [0.4, 0.5) is 0 Å². The molecule has 0 fully saturated rings. The molecule has 1 unspecified atom stereocenters. The maximum absolute atomic E-state index is 11.8. The van der Waals surface area contributed by atoms with Crippen molar-refractivity contribution in [1.82, 2.24) is 10.2 Å². The molecule has 2 aromatic rings. The van der Waals surface area contributed by atoms with Crippen LogP contribution in [0.5, 0.6) is 5.75 Å². The minimum Gasteiger partial charge on any atom is -0.476 e. The van der Waals surface area contributed by atoms with Crippen LogP contribution in [0.3, 0.4) is 0 Å². The van der Waals surface area contributed by atoms with Crippen molar-refractivity contribution in [3.05, 3.63) is 40.2 Å². The maximum Gasteiger partial charge on any atom is 0.434 e. The molecular formula is C14H17N3O5S. The van der Waals surface area contributed by atoms with Gasteiger partial charge in [0.2, 0.25) is 10.0 Å². The van der Waals surface area contributed by atoms with Crippen molar-refractivity contribution in [3.8, 4) is 5.75 Å². The fraction of sp³-hybridized carbons (Fsp3) is 0.429. The second-order valence-corrected chi connectivity index (χ2v) is 7.08. The van der Waals surface area contributed by atoms with Crippen LogP contribution >= 0.6 is 0 Å². The highest BCUT2D eigenvalue weighted by Crippen LogP contribution is 2.44. The number of primary sulfonamides is 1. The first-order valence-corrected chi connectivity index (χ1v) is 8.80. The largest absolute Gasteiger partial charge is 0.476 e. The Morgan fingerprint density at radius 1 is 1.43 bits per heavy atom. The first-order chi connectivity index (χ1) is 10.9. The number of hydrogen-bond acceptors (Lipinski definition) is 6. The molecule has 9 heteroatoms. The van der Waals surface area contributed by atoms with Crippen LogP contribution in [-0.2, 0) is 22.0 Å². The first-order valence-electron chi connectivity index (χ1n) is 7.25. The zero-order valence-electron chi connectivity index (χ0n) is 12.5. The number of hydrogen-bond donors (Lipinski definition) is 2. The number of para-hydroxylation sites is 1. The van der Waals surface area contributed by atoms with Gasteiger partial charge in [-0.1, -0.05) is 25.5 Å². The minimum absolute atomic E-state index is 0.0759. The van der Waals surface area contributed by atoms with Crippen LogP contribution < -0.4 is 15.6 Å². The van der Waals surface area contributed by atoms with Gasteiger partial charge in [0.25, 0.3) is 5.89 Å². The van der Waals surface area contributed by atoms with E-state index in [9.17, 15) is 13.2 Å². The number of ether oxygens (including phenoxy) is 1. The van der Waals surface area contributed by atoms with E-state index in [2.05, 4.69) is 10.2 Å². The third kappa shape index (κ3) is 2.77. The third-order valence-corrected chi connectivity index (χ3v) is 4.88. The first kappa shape index (κ1) is 15.8. The molecule has 124 valence electrons. The van der Waals surface area contributed by atoms with Gasteiger partial charge in [0, 0.05) is 6.42 Å². The van der Waals surface area contributed by atoms with E-state index in [0.29, 0.717) is 19.3 Å². The number of aryl methyl sites for hydroxylation is 1. The Hall–Kier alpha value is -2.13. The van der Waals surface area contributed by atoms with Gasteiger partial charge in [-0.3, -0.25) is 0 Å². The fourth-order valence-electron chi connectivity index (χ4n) is 2.94. The van der Waals surface area contributed by atoms with E-state index in [1.165, 1.54) is 6.07 Å². The van der Waals surface area contributed by atoms with Gasteiger partial charge < -0.3 is 9.15 Å². The average molecular weight is 339 g/mol. The van der Waals surface area contributed by atoms with Crippen molar-refractivity contribution in [2.75, 3.05) is 0 Å². The van der Waals surface area contributed by atoms with E-state index in [4.69, 9.17) is 14.3 Å². The predicted octanol–water partition coefficient (Wildman–Crippen LogP) is 1.03. The van der Waals surface area contributed by atoms with Gasteiger partial charge in [-0.05, 0) is 24.5 Å². The molecule has 3 N–H and O–H groups in total. The standard InChI is InChI=1S/C14H17N3O5S/c1-2-7-14(12-16-17-13(18)21-12)8-6-9-4-3-5-10(11(9)22-14)23(15,19)20/h3-5H,2,6-8H2,1H3,(H,17,18)(H2,15,19,20). The summed E-state index contributed by atoms with van der Waals surface area (Å²) in [6, 6.07) is 4.82. The molecule has 0 radical (unpaired) electrons. The number of nitrogens with two attached hydrogens (primary N) is 1. The van der Waals surface area contributed by atoms with Crippen LogP contribution in [0.1, 0.15) is 37.6 Å². The topological polar surface area (TPSA) is 128 Å². The van der Waals surface area contributed by atoms with Crippen LogP contribution in [-0.4, -0.2) is 18.6 Å². The minimum atomic E-state index is -3.93. The van der Waals surface area contributed by atoms with Gasteiger partial charge >= 0.3 is 5.76 Å². The highest BCUT2D eigenvalue weighted by molar-refractivity contribution is 7.89. The SMILES string of the molecule is CCCC1(c2n[nH]c(=O)o2)CCc2cccc(S(N)(=O)=O)c2O1. The number of aromatic nitrogens is 2. The molecule has 1 atom stereocenters. The summed E-state index contributed by atoms with van der Waals surface area (Å²) in [4.78, 5) is 11.2. The molecule has 1 aromatic heterocycles. The number of rotatable bonds is 4. The van der Waals surface area contributed by atoms with Gasteiger partial charge in [-0.15, -0.1) is 5.10 Å². The average Bonchev–Trinajstić information content (AvgIpc) is 2.93. The lowest BCUT2D eigenvalue weighted by Crippen LogP contribution is -2.38. The van der Waals surface area contributed by atoms with E-state index >= 15 is 0 Å². The molecule has 0 saturated carbocycles. The lowest BCUT2D eigenvalue weighted by Gasteiger charge is -2.36. The molecule has 0 spiro atoms. The van der Waals surface area contributed by atoms with Crippen LogP contribution in [0.25, 0.3) is 0 Å². The van der Waals surface area contributed by atoms with E-state index in [1.54, 1.807) is 12.1 Å². The number of nitrogens with one attached hydrogen (secondary N) is 1. The van der Waals surface area contributed by atoms with Gasteiger partial charge in [0.15, 0.2) is 5.60 Å². The zero-order chi connectivity index (χ0) is 16.7. The van der Waals surface area contributed by atoms with Crippen molar-refractivity contribution in [1.29, 1.82) is 0 Å². The molecular weight excluding hydrogens is 322 g/mol. The van der Waals surface area contributed by atoms with Crippen molar-refractivity contribution >= 4 is 10.0 Å². The molecule has 2 heterocycles. The molecule has 1 aliphatic rings. The van der Waals surface area contributed by atoms with Crippen LogP contribution in [0.2, 0.25) is 0 Å². The number of nitrogens with zero attached hydrogens (tertiary/aromatic N) is 1. The summed E-state index contributed by atoms with van der Waals surface area (Å²) in [5.74, 6) is -0.343. The molecule has 0 aliphatic carbocycles. The lowest BCUT2D eigenvalue weighted by atomic mass is 9.87. The summed E-state index contributed by atoms with van der Waals surface area (Å²) in [5, 5.41) is 11.4. The zero-order valence-corrected chi connectivity index (χ0v) is 13.4. The van der Waals surface area contributed by atoms with Gasteiger partial charge in [-0.2, -0.15) is 0 Å². The van der Waals surface area contributed by atoms with Gasteiger partial charge in [-0.25, -0.2) is 23.4 Å². The summed E-state index contributed by atoms with van der Waals surface area (Å²) in [6.07, 6.45) is 2.35. The lowest BCUT2D eigenvalue weighted by molar-refractivity contribution is 0.00308. The second-order valence-electron chi connectivity index (χ2n) is 5.55. The molecule has 23 heavy (non-hydrogen) atoms. The molecule has 1 aromatic carbocycles. The van der Waals surface area contributed by atoms with Gasteiger partial charge in [0.1, 0.15) is 10.6 Å². The Morgan fingerprint density at radius 3 is 2.83 bits per heavy atom. The van der Waals surface area contributed by atoms with E-state index in [-0.39, 0.29) is 16.5 Å². The fourth-order valence-corrected chi connectivity index (χ4v) is 3.64. The van der Waals surface area contributed by atoms with Crippen molar-refractivity contribution in [2.45, 2.75) is 43.1 Å². The molecule has 0 saturated heterocycles. The number of sulfonamides is 1. The molecule has 0 amide bonds. The summed E-state index contributed by atoms with van der Waals surface area (Å²) in [7, 11) is -3.93. The second kappa shape index (κ2) is 5.50. The summed E-state index contributed by atoms with van der Waals surface area (Å²) < 4.78 is 34.8. The van der Waals surface area contributed by atoms with Crippen LogP contribution in [0, 0.1) is 0 Å². The number of aromatic amines is 1. The summed E-state index contributed by atoms with van der Waals surface area (Å²) in [6.45, 7) is 1.96. The number of fused-ring (bicyclic) bond motifs is 1. The Kier molecular flexibility index (Phi) is 3.77. The Balaban J connectivity index is 2.14. The third-order valence-electron chi connectivity index (χ3n) is 3.94. The van der Waals surface area contributed by atoms with Crippen LogP contribution in [0.15, 0.2) is 32.3 Å². The summed E-state index contributed by atoms with van der Waals surface area (Å²) >= 11 is 0. The quantitative estimate of drug-likeness (QED) is 0.856.